The minimum absolute atomic E-state index is 0.0305. The van der Waals surface area contributed by atoms with E-state index in [0.717, 1.165) is 4.90 Å². The average molecular weight is 388 g/mol. The number of amides is 2. The summed E-state index contributed by atoms with van der Waals surface area (Å²) >= 11 is 0. The Kier molecular flexibility index (Phi) is 4.71. The van der Waals surface area contributed by atoms with Crippen molar-refractivity contribution in [3.8, 4) is 0 Å². The Morgan fingerprint density at radius 2 is 1.70 bits per heavy atom. The van der Waals surface area contributed by atoms with Gasteiger partial charge in [0.1, 0.15) is 11.4 Å². The number of methoxy groups -OCH3 is 1. The van der Waals surface area contributed by atoms with Crippen LogP contribution in [0.4, 0.5) is 5.69 Å². The predicted molar refractivity (Wildman–Crippen MR) is 95.9 cm³/mol. The van der Waals surface area contributed by atoms with E-state index < -0.39 is 34.4 Å². The van der Waals surface area contributed by atoms with Gasteiger partial charge in [-0.25, -0.2) is 17.5 Å². The number of fused-ring (bicyclic) bond motifs is 1. The van der Waals surface area contributed by atoms with Gasteiger partial charge in [0.25, 0.3) is 15.9 Å². The maximum absolute atomic E-state index is 12.7. The number of esters is 1. The molecule has 0 saturated heterocycles. The lowest BCUT2D eigenvalue weighted by atomic mass is 10.1. The van der Waals surface area contributed by atoms with E-state index in [1.807, 2.05) is 0 Å². The topological polar surface area (TPSA) is 101 Å². The second kappa shape index (κ2) is 6.84. The monoisotopic (exact) mass is 388 g/mol. The van der Waals surface area contributed by atoms with Gasteiger partial charge >= 0.3 is 5.97 Å². The Morgan fingerprint density at radius 1 is 1.07 bits per heavy atom. The summed E-state index contributed by atoms with van der Waals surface area (Å²) in [5.41, 5.74) is 0.425. The van der Waals surface area contributed by atoms with Crippen LogP contribution < -0.4 is 4.90 Å². The first-order chi connectivity index (χ1) is 12.8. The van der Waals surface area contributed by atoms with E-state index in [4.69, 9.17) is 4.74 Å². The van der Waals surface area contributed by atoms with E-state index in [9.17, 15) is 22.8 Å². The molecule has 0 N–H and O–H groups in total. The molecule has 0 aromatic heterocycles. The molecule has 0 spiro atoms. The standard InChI is InChI=1S/C18H16N2O6S/c1-19(14-9-5-3-7-12(14)18(23)26-2)16(21)11-20-17(22)13-8-4-6-10-15(13)27(20,24)25/h3-10H,11H2,1-2H3. The highest BCUT2D eigenvalue weighted by Crippen LogP contribution is 2.30. The van der Waals surface area contributed by atoms with Gasteiger partial charge in [0.05, 0.1) is 23.9 Å². The van der Waals surface area contributed by atoms with Gasteiger partial charge in [-0.2, -0.15) is 0 Å². The first kappa shape index (κ1) is 18.6. The maximum Gasteiger partial charge on any atom is 0.339 e. The van der Waals surface area contributed by atoms with Crippen LogP contribution in [-0.4, -0.2) is 51.2 Å². The van der Waals surface area contributed by atoms with Crippen molar-refractivity contribution in [2.75, 3.05) is 25.6 Å². The first-order valence-corrected chi connectivity index (χ1v) is 9.33. The second-order valence-corrected chi connectivity index (χ2v) is 7.61. The van der Waals surface area contributed by atoms with E-state index >= 15 is 0 Å². The smallest absolute Gasteiger partial charge is 0.339 e. The molecule has 0 radical (unpaired) electrons. The molecule has 2 aromatic rings. The van der Waals surface area contributed by atoms with Crippen LogP contribution in [0.5, 0.6) is 0 Å². The SMILES string of the molecule is COC(=O)c1ccccc1N(C)C(=O)CN1C(=O)c2ccccc2S1(=O)=O. The van der Waals surface area contributed by atoms with E-state index in [0.29, 0.717) is 4.31 Å². The molecule has 9 heteroatoms. The molecule has 0 unspecified atom stereocenters. The Hall–Kier alpha value is -3.20. The molecule has 27 heavy (non-hydrogen) atoms. The van der Waals surface area contributed by atoms with Crippen LogP contribution in [0.3, 0.4) is 0 Å². The van der Waals surface area contributed by atoms with E-state index in [1.165, 1.54) is 44.5 Å². The van der Waals surface area contributed by atoms with Crippen molar-refractivity contribution in [3.05, 3.63) is 59.7 Å². The molecule has 140 valence electrons. The van der Waals surface area contributed by atoms with Gasteiger partial charge in [-0.15, -0.1) is 0 Å². The molecule has 0 fully saturated rings. The number of hydrogen-bond acceptors (Lipinski definition) is 6. The molecule has 0 aliphatic carbocycles. The van der Waals surface area contributed by atoms with Crippen LogP contribution >= 0.6 is 0 Å². The highest BCUT2D eigenvalue weighted by Gasteiger charge is 2.42. The lowest BCUT2D eigenvalue weighted by molar-refractivity contribution is -0.118. The average Bonchev–Trinajstić information content (AvgIpc) is 2.87. The molecule has 1 aliphatic heterocycles. The van der Waals surface area contributed by atoms with Crippen molar-refractivity contribution in [1.29, 1.82) is 0 Å². The minimum Gasteiger partial charge on any atom is -0.465 e. The Balaban J connectivity index is 1.89. The largest absolute Gasteiger partial charge is 0.465 e. The van der Waals surface area contributed by atoms with Crippen molar-refractivity contribution in [1.82, 2.24) is 4.31 Å². The molecule has 1 aliphatic rings. The summed E-state index contributed by atoms with van der Waals surface area (Å²) in [4.78, 5) is 38.0. The van der Waals surface area contributed by atoms with Crippen LogP contribution in [0.2, 0.25) is 0 Å². The molecule has 0 atom stereocenters. The fourth-order valence-corrected chi connectivity index (χ4v) is 4.32. The van der Waals surface area contributed by atoms with Crippen LogP contribution in [0, 0.1) is 0 Å². The van der Waals surface area contributed by atoms with E-state index in [2.05, 4.69) is 0 Å². The van der Waals surface area contributed by atoms with Gasteiger partial charge < -0.3 is 9.64 Å². The van der Waals surface area contributed by atoms with Gasteiger partial charge in [-0.3, -0.25) is 9.59 Å². The Morgan fingerprint density at radius 3 is 2.37 bits per heavy atom. The summed E-state index contributed by atoms with van der Waals surface area (Å²) in [5, 5.41) is 0. The molecule has 8 nitrogen and oxygen atoms in total. The Bertz CT molecular complexity index is 1050. The number of benzene rings is 2. The van der Waals surface area contributed by atoms with Gasteiger partial charge in [-0.05, 0) is 24.3 Å². The first-order valence-electron chi connectivity index (χ1n) is 7.89. The Labute approximate surface area is 156 Å². The summed E-state index contributed by atoms with van der Waals surface area (Å²) < 4.78 is 30.4. The number of ether oxygens (including phenoxy) is 1. The van der Waals surface area contributed by atoms with E-state index in [1.54, 1.807) is 18.2 Å². The lowest BCUT2D eigenvalue weighted by Gasteiger charge is -2.22. The van der Waals surface area contributed by atoms with Crippen molar-refractivity contribution in [2.24, 2.45) is 0 Å². The van der Waals surface area contributed by atoms with Crippen LogP contribution in [-0.2, 0) is 19.6 Å². The highest BCUT2D eigenvalue weighted by molar-refractivity contribution is 7.90. The number of para-hydroxylation sites is 1. The van der Waals surface area contributed by atoms with Crippen LogP contribution in [0.1, 0.15) is 20.7 Å². The van der Waals surface area contributed by atoms with Gasteiger partial charge in [0.2, 0.25) is 5.91 Å². The van der Waals surface area contributed by atoms with Crippen LogP contribution in [0.15, 0.2) is 53.4 Å². The lowest BCUT2D eigenvalue weighted by Crippen LogP contribution is -2.41. The minimum atomic E-state index is -4.09. The highest BCUT2D eigenvalue weighted by atomic mass is 32.2. The summed E-state index contributed by atoms with van der Waals surface area (Å²) in [7, 11) is -1.48. The maximum atomic E-state index is 12.7. The number of sulfonamides is 1. The van der Waals surface area contributed by atoms with Crippen molar-refractivity contribution >= 4 is 33.5 Å². The number of nitrogens with zero attached hydrogens (tertiary/aromatic N) is 2. The molecule has 2 aromatic carbocycles. The molecule has 0 saturated carbocycles. The van der Waals surface area contributed by atoms with Crippen molar-refractivity contribution < 1.29 is 27.5 Å². The van der Waals surface area contributed by atoms with Crippen molar-refractivity contribution in [2.45, 2.75) is 4.90 Å². The van der Waals surface area contributed by atoms with Gasteiger partial charge in [0, 0.05) is 7.05 Å². The zero-order chi connectivity index (χ0) is 19.8. The van der Waals surface area contributed by atoms with E-state index in [-0.39, 0.29) is 21.7 Å². The molecule has 1 heterocycles. The molecule has 3 rings (SSSR count). The second-order valence-electron chi connectivity index (χ2n) is 5.77. The quantitative estimate of drug-likeness (QED) is 0.732. The number of carbonyl (C=O) groups excluding carboxylic acids is 3. The zero-order valence-electron chi connectivity index (χ0n) is 14.6. The number of rotatable bonds is 4. The number of hydrogen-bond donors (Lipinski definition) is 0. The van der Waals surface area contributed by atoms with Gasteiger partial charge in [0.15, 0.2) is 0 Å². The summed E-state index contributed by atoms with van der Waals surface area (Å²) in [5.74, 6) is -2.06. The molecule has 0 bridgehead atoms. The number of carbonyl (C=O) groups is 3. The van der Waals surface area contributed by atoms with Crippen LogP contribution in [0.25, 0.3) is 0 Å². The third-order valence-corrected chi connectivity index (χ3v) is 6.02. The number of anilines is 1. The van der Waals surface area contributed by atoms with Gasteiger partial charge in [-0.1, -0.05) is 24.3 Å². The normalized spacial score (nSPS) is 14.6. The molecular formula is C18H16N2O6S. The zero-order valence-corrected chi connectivity index (χ0v) is 15.4. The summed E-state index contributed by atoms with van der Waals surface area (Å²) in [6.07, 6.45) is 0. The molecule has 2 amide bonds. The molecular weight excluding hydrogens is 372 g/mol. The number of likely N-dealkylation sites (N-methyl/N-ethyl adjacent to an activating group) is 1. The third-order valence-electron chi connectivity index (χ3n) is 4.24. The fraction of sp³-hybridized carbons (Fsp3) is 0.167. The summed E-state index contributed by atoms with van der Waals surface area (Å²) in [6.45, 7) is -0.679. The predicted octanol–water partition coefficient (Wildman–Crippen LogP) is 1.28. The summed E-state index contributed by atoms with van der Waals surface area (Å²) in [6, 6.07) is 12.0. The fourth-order valence-electron chi connectivity index (χ4n) is 2.80. The third kappa shape index (κ3) is 3.06. The van der Waals surface area contributed by atoms with Crippen molar-refractivity contribution in [3.63, 3.8) is 0 Å².